The molecule has 3 aromatic rings. The third kappa shape index (κ3) is 2.08. The van der Waals surface area contributed by atoms with Crippen LogP contribution in [0.5, 0.6) is 5.75 Å². The van der Waals surface area contributed by atoms with Crippen LogP contribution in [0.15, 0.2) is 57.7 Å². The lowest BCUT2D eigenvalue weighted by molar-refractivity contribution is -0.118. The van der Waals surface area contributed by atoms with Crippen molar-refractivity contribution in [3.63, 3.8) is 0 Å². The first-order chi connectivity index (χ1) is 12.5. The molecule has 5 heteroatoms. The Kier molecular flexibility index (Phi) is 3.12. The molecule has 132 valence electrons. The number of ether oxygens (including phenoxy) is 2. The summed E-state index contributed by atoms with van der Waals surface area (Å²) in [6, 6.07) is 14.4. The molecule has 5 rings (SSSR count). The Morgan fingerprint density at radius 3 is 2.62 bits per heavy atom. The summed E-state index contributed by atoms with van der Waals surface area (Å²) in [4.78, 5) is 12.7. The van der Waals surface area contributed by atoms with Crippen molar-refractivity contribution in [2.24, 2.45) is 0 Å². The van der Waals surface area contributed by atoms with E-state index in [0.29, 0.717) is 28.0 Å². The van der Waals surface area contributed by atoms with Crippen LogP contribution in [0, 0.1) is 0 Å². The minimum atomic E-state index is -0.759. The van der Waals surface area contributed by atoms with Crippen molar-refractivity contribution < 1.29 is 19.0 Å². The molecule has 2 aliphatic heterocycles. The van der Waals surface area contributed by atoms with Crippen LogP contribution in [-0.4, -0.2) is 23.1 Å². The highest BCUT2D eigenvalue weighted by molar-refractivity contribution is 5.85. The first-order valence-electron chi connectivity index (χ1n) is 8.64. The summed E-state index contributed by atoms with van der Waals surface area (Å²) in [5.74, 6) is 0.695. The molecule has 0 saturated carbocycles. The molecular formula is C21H18O5. The maximum absolute atomic E-state index is 12.7. The van der Waals surface area contributed by atoms with Crippen molar-refractivity contribution in [3.8, 4) is 17.1 Å². The summed E-state index contributed by atoms with van der Waals surface area (Å²) in [5, 5.41) is 11.2. The molecule has 26 heavy (non-hydrogen) atoms. The lowest BCUT2D eigenvalue weighted by Gasteiger charge is -2.24. The molecular weight excluding hydrogens is 332 g/mol. The predicted molar refractivity (Wildman–Crippen MR) is 96.2 cm³/mol. The molecule has 1 fully saturated rings. The van der Waals surface area contributed by atoms with E-state index < -0.39 is 23.9 Å². The van der Waals surface area contributed by atoms with Crippen LogP contribution in [-0.2, 0) is 4.74 Å². The van der Waals surface area contributed by atoms with Gasteiger partial charge < -0.3 is 19.0 Å². The summed E-state index contributed by atoms with van der Waals surface area (Å²) < 4.78 is 17.9. The van der Waals surface area contributed by atoms with E-state index in [4.69, 9.17) is 13.9 Å². The Labute approximate surface area is 149 Å². The topological polar surface area (TPSA) is 68.9 Å². The third-order valence-corrected chi connectivity index (χ3v) is 5.30. The Morgan fingerprint density at radius 2 is 1.85 bits per heavy atom. The molecule has 3 heterocycles. The SMILES string of the molecule is CC1(C)OC2Oc3ccc4c(=O)cc(-c5ccccc5)oc4c3C2C1O. The number of hydrogen-bond acceptors (Lipinski definition) is 5. The average Bonchev–Trinajstić information content (AvgIpc) is 3.08. The van der Waals surface area contributed by atoms with Gasteiger partial charge in [-0.05, 0) is 26.0 Å². The maximum Gasteiger partial charge on any atom is 0.210 e. The molecule has 1 saturated heterocycles. The molecule has 5 nitrogen and oxygen atoms in total. The van der Waals surface area contributed by atoms with E-state index in [0.717, 1.165) is 5.56 Å². The summed E-state index contributed by atoms with van der Waals surface area (Å²) in [6.45, 7) is 3.66. The smallest absolute Gasteiger partial charge is 0.210 e. The Balaban J connectivity index is 1.77. The lowest BCUT2D eigenvalue weighted by Crippen LogP contribution is -2.34. The minimum Gasteiger partial charge on any atom is -0.464 e. The second kappa shape index (κ2) is 5.19. The highest BCUT2D eigenvalue weighted by atomic mass is 16.7. The number of fused-ring (bicyclic) bond motifs is 5. The van der Waals surface area contributed by atoms with E-state index in [1.54, 1.807) is 12.1 Å². The van der Waals surface area contributed by atoms with Gasteiger partial charge in [-0.15, -0.1) is 0 Å². The van der Waals surface area contributed by atoms with E-state index in [-0.39, 0.29) is 5.43 Å². The van der Waals surface area contributed by atoms with Crippen LogP contribution < -0.4 is 10.2 Å². The maximum atomic E-state index is 12.7. The van der Waals surface area contributed by atoms with Gasteiger partial charge in [0.2, 0.25) is 6.29 Å². The number of rotatable bonds is 1. The predicted octanol–water partition coefficient (Wildman–Crippen LogP) is 3.43. The van der Waals surface area contributed by atoms with Gasteiger partial charge in [0.15, 0.2) is 5.43 Å². The Bertz CT molecular complexity index is 1070. The van der Waals surface area contributed by atoms with E-state index in [9.17, 15) is 9.90 Å². The van der Waals surface area contributed by atoms with E-state index in [1.807, 2.05) is 44.2 Å². The molecule has 0 radical (unpaired) electrons. The molecule has 1 aromatic heterocycles. The van der Waals surface area contributed by atoms with Gasteiger partial charge in [-0.1, -0.05) is 30.3 Å². The first kappa shape index (κ1) is 15.6. The fraction of sp³-hybridized carbons (Fsp3) is 0.286. The third-order valence-electron chi connectivity index (χ3n) is 5.30. The highest BCUT2D eigenvalue weighted by Gasteiger charge is 2.55. The standard InChI is InChI=1S/C21H18O5/c1-21(2)19(23)17-16-14(25-20(17)26-21)9-8-12-13(22)10-15(24-18(12)16)11-6-4-3-5-7-11/h3-10,17,19-20,23H,1-2H3. The number of aliphatic hydroxyl groups excluding tert-OH is 1. The highest BCUT2D eigenvalue weighted by Crippen LogP contribution is 2.52. The number of hydrogen-bond donors (Lipinski definition) is 1. The Morgan fingerprint density at radius 1 is 1.08 bits per heavy atom. The van der Waals surface area contributed by atoms with Gasteiger partial charge in [0.25, 0.3) is 0 Å². The van der Waals surface area contributed by atoms with Gasteiger partial charge in [0, 0.05) is 17.2 Å². The first-order valence-corrected chi connectivity index (χ1v) is 8.64. The minimum absolute atomic E-state index is 0.121. The van der Waals surface area contributed by atoms with Crippen molar-refractivity contribution in [3.05, 3.63) is 64.3 Å². The molecule has 2 aliphatic rings. The van der Waals surface area contributed by atoms with Crippen molar-refractivity contribution in [1.82, 2.24) is 0 Å². The fourth-order valence-electron chi connectivity index (χ4n) is 3.92. The second-order valence-electron chi connectivity index (χ2n) is 7.37. The van der Waals surface area contributed by atoms with Crippen LogP contribution in [0.25, 0.3) is 22.3 Å². The summed E-state index contributed by atoms with van der Waals surface area (Å²) in [7, 11) is 0. The van der Waals surface area contributed by atoms with E-state index in [2.05, 4.69) is 0 Å². The van der Waals surface area contributed by atoms with Crippen LogP contribution in [0.1, 0.15) is 25.3 Å². The van der Waals surface area contributed by atoms with Crippen LogP contribution in [0.4, 0.5) is 0 Å². The van der Waals surface area contributed by atoms with Gasteiger partial charge in [-0.3, -0.25) is 4.79 Å². The zero-order chi connectivity index (χ0) is 18.1. The fourth-order valence-corrected chi connectivity index (χ4v) is 3.92. The van der Waals surface area contributed by atoms with Gasteiger partial charge in [0.05, 0.1) is 23.0 Å². The molecule has 2 aromatic carbocycles. The van der Waals surface area contributed by atoms with Crippen LogP contribution in [0.2, 0.25) is 0 Å². The van der Waals surface area contributed by atoms with E-state index in [1.165, 1.54) is 6.07 Å². The summed E-state index contributed by atoms with van der Waals surface area (Å²) >= 11 is 0. The molecule has 0 aliphatic carbocycles. The molecule has 3 unspecified atom stereocenters. The van der Waals surface area contributed by atoms with Crippen molar-refractivity contribution in [1.29, 1.82) is 0 Å². The normalized spacial score (nSPS) is 25.7. The van der Waals surface area contributed by atoms with Gasteiger partial charge >= 0.3 is 0 Å². The summed E-state index contributed by atoms with van der Waals surface area (Å²) in [5.41, 5.74) is 1.14. The van der Waals surface area contributed by atoms with Crippen molar-refractivity contribution in [2.45, 2.75) is 37.8 Å². The van der Waals surface area contributed by atoms with Gasteiger partial charge in [0.1, 0.15) is 17.1 Å². The zero-order valence-corrected chi connectivity index (χ0v) is 14.4. The number of benzene rings is 2. The molecule has 0 amide bonds. The van der Waals surface area contributed by atoms with Crippen LogP contribution >= 0.6 is 0 Å². The molecule has 0 bridgehead atoms. The quantitative estimate of drug-likeness (QED) is 0.728. The average molecular weight is 350 g/mol. The zero-order valence-electron chi connectivity index (χ0n) is 14.4. The molecule has 0 spiro atoms. The summed E-state index contributed by atoms with van der Waals surface area (Å²) in [6.07, 6.45) is -1.34. The monoisotopic (exact) mass is 350 g/mol. The Hall–Kier alpha value is -2.63. The van der Waals surface area contributed by atoms with Gasteiger partial charge in [-0.2, -0.15) is 0 Å². The number of aliphatic hydroxyl groups is 1. The molecule has 1 N–H and O–H groups in total. The second-order valence-corrected chi connectivity index (χ2v) is 7.37. The lowest BCUT2D eigenvalue weighted by atomic mass is 9.87. The van der Waals surface area contributed by atoms with Crippen molar-refractivity contribution in [2.75, 3.05) is 0 Å². The van der Waals surface area contributed by atoms with Gasteiger partial charge in [-0.25, -0.2) is 0 Å². The molecule has 3 atom stereocenters. The van der Waals surface area contributed by atoms with E-state index >= 15 is 0 Å². The van der Waals surface area contributed by atoms with Crippen LogP contribution in [0.3, 0.4) is 0 Å². The largest absolute Gasteiger partial charge is 0.464 e. The van der Waals surface area contributed by atoms with Crippen molar-refractivity contribution >= 4 is 11.0 Å².